The standard InChI is InChI=1S/C7H8N2O2/c10-5-3-6(11)7(4-5)1-2-8-9-7/h1-4H2. The zero-order valence-corrected chi connectivity index (χ0v) is 6.04. The lowest BCUT2D eigenvalue weighted by Gasteiger charge is -2.11. The van der Waals surface area contributed by atoms with Crippen molar-refractivity contribution in [1.29, 1.82) is 0 Å². The number of ketones is 2. The number of hydrogen-bond acceptors (Lipinski definition) is 4. The van der Waals surface area contributed by atoms with Gasteiger partial charge in [0.2, 0.25) is 0 Å². The summed E-state index contributed by atoms with van der Waals surface area (Å²) in [7, 11) is 0. The van der Waals surface area contributed by atoms with Crippen LogP contribution in [-0.4, -0.2) is 23.7 Å². The number of nitrogens with zero attached hydrogens (tertiary/aromatic N) is 2. The van der Waals surface area contributed by atoms with Crippen LogP contribution in [0.1, 0.15) is 19.3 Å². The Labute approximate surface area is 63.7 Å². The van der Waals surface area contributed by atoms with Crippen LogP contribution in [0.2, 0.25) is 0 Å². The summed E-state index contributed by atoms with van der Waals surface area (Å²) in [5.74, 6) is -0.0281. The van der Waals surface area contributed by atoms with Gasteiger partial charge in [0.15, 0.2) is 5.78 Å². The van der Waals surface area contributed by atoms with Crippen LogP contribution in [-0.2, 0) is 9.59 Å². The Bertz CT molecular complexity index is 259. The van der Waals surface area contributed by atoms with E-state index in [-0.39, 0.29) is 24.4 Å². The SMILES string of the molecule is O=C1CC(=O)C2(CCN=N2)C1. The van der Waals surface area contributed by atoms with E-state index in [1.54, 1.807) is 0 Å². The number of hydrogen-bond donors (Lipinski definition) is 0. The number of azo groups is 1. The fourth-order valence-electron chi connectivity index (χ4n) is 1.62. The van der Waals surface area contributed by atoms with E-state index in [2.05, 4.69) is 10.2 Å². The minimum absolute atomic E-state index is 0.0100. The summed E-state index contributed by atoms with van der Waals surface area (Å²) < 4.78 is 0. The van der Waals surface area contributed by atoms with Crippen LogP contribution in [0.5, 0.6) is 0 Å². The van der Waals surface area contributed by atoms with Gasteiger partial charge in [0, 0.05) is 12.8 Å². The van der Waals surface area contributed by atoms with Gasteiger partial charge in [-0.1, -0.05) is 0 Å². The highest BCUT2D eigenvalue weighted by molar-refractivity contribution is 6.11. The van der Waals surface area contributed by atoms with Crippen LogP contribution in [0.3, 0.4) is 0 Å². The maximum atomic E-state index is 11.2. The molecule has 1 saturated carbocycles. The highest BCUT2D eigenvalue weighted by atomic mass is 16.2. The van der Waals surface area contributed by atoms with E-state index < -0.39 is 5.54 Å². The quantitative estimate of drug-likeness (QED) is 0.475. The van der Waals surface area contributed by atoms with E-state index in [0.29, 0.717) is 13.0 Å². The molecule has 2 aliphatic rings. The summed E-state index contributed by atoms with van der Waals surface area (Å²) in [6.07, 6.45) is 0.992. The van der Waals surface area contributed by atoms with Gasteiger partial charge in [-0.05, 0) is 0 Å². The molecule has 0 amide bonds. The predicted molar refractivity (Wildman–Crippen MR) is 36.3 cm³/mol. The van der Waals surface area contributed by atoms with E-state index >= 15 is 0 Å². The van der Waals surface area contributed by atoms with Gasteiger partial charge in [-0.2, -0.15) is 10.2 Å². The summed E-state index contributed by atoms with van der Waals surface area (Å²) in [5.41, 5.74) is -0.711. The third-order valence-corrected chi connectivity index (χ3v) is 2.25. The average Bonchev–Trinajstić information content (AvgIpc) is 2.45. The summed E-state index contributed by atoms with van der Waals surface area (Å²) >= 11 is 0. The Hall–Kier alpha value is -1.06. The third kappa shape index (κ3) is 0.818. The van der Waals surface area contributed by atoms with Crippen molar-refractivity contribution in [3.05, 3.63) is 0 Å². The van der Waals surface area contributed by atoms with Crippen LogP contribution in [0, 0.1) is 0 Å². The molecule has 1 atom stereocenters. The van der Waals surface area contributed by atoms with Crippen molar-refractivity contribution in [2.75, 3.05) is 6.54 Å². The average molecular weight is 152 g/mol. The molecular formula is C7H8N2O2. The Morgan fingerprint density at radius 2 is 2.18 bits per heavy atom. The molecule has 4 heteroatoms. The molecule has 58 valence electrons. The maximum Gasteiger partial charge on any atom is 0.170 e. The topological polar surface area (TPSA) is 58.9 Å². The highest BCUT2D eigenvalue weighted by Gasteiger charge is 2.48. The molecule has 2 rings (SSSR count). The molecule has 1 fully saturated rings. The van der Waals surface area contributed by atoms with Crippen LogP contribution in [0.25, 0.3) is 0 Å². The Balaban J connectivity index is 2.32. The molecule has 1 aliphatic heterocycles. The molecule has 1 unspecified atom stereocenters. The van der Waals surface area contributed by atoms with Crippen LogP contribution >= 0.6 is 0 Å². The van der Waals surface area contributed by atoms with Gasteiger partial charge >= 0.3 is 0 Å². The van der Waals surface area contributed by atoms with E-state index in [1.807, 2.05) is 0 Å². The van der Waals surface area contributed by atoms with Crippen molar-refractivity contribution in [2.45, 2.75) is 24.8 Å². The second-order valence-electron chi connectivity index (χ2n) is 3.06. The first-order valence-corrected chi connectivity index (χ1v) is 3.67. The number of carbonyl (C=O) groups is 2. The zero-order chi connectivity index (χ0) is 7.90. The largest absolute Gasteiger partial charge is 0.299 e. The summed E-state index contributed by atoms with van der Waals surface area (Å²) in [4.78, 5) is 22.1. The summed E-state index contributed by atoms with van der Waals surface area (Å²) in [6, 6.07) is 0. The van der Waals surface area contributed by atoms with Crippen molar-refractivity contribution in [3.8, 4) is 0 Å². The molecule has 0 N–H and O–H groups in total. The molecular weight excluding hydrogens is 144 g/mol. The van der Waals surface area contributed by atoms with Crippen molar-refractivity contribution in [3.63, 3.8) is 0 Å². The van der Waals surface area contributed by atoms with Gasteiger partial charge in [0.05, 0.1) is 13.0 Å². The molecule has 11 heavy (non-hydrogen) atoms. The first kappa shape index (κ1) is 6.64. The monoisotopic (exact) mass is 152 g/mol. The fraction of sp³-hybridized carbons (Fsp3) is 0.714. The van der Waals surface area contributed by atoms with E-state index in [4.69, 9.17) is 0 Å². The van der Waals surface area contributed by atoms with Gasteiger partial charge < -0.3 is 0 Å². The number of Topliss-reactive ketones (excluding diaryl/α,β-unsaturated/α-hetero) is 2. The van der Waals surface area contributed by atoms with Gasteiger partial charge in [-0.25, -0.2) is 0 Å². The molecule has 4 nitrogen and oxygen atoms in total. The van der Waals surface area contributed by atoms with Gasteiger partial charge in [0.1, 0.15) is 11.3 Å². The van der Waals surface area contributed by atoms with Crippen molar-refractivity contribution >= 4 is 11.6 Å². The molecule has 0 saturated heterocycles. The molecule has 0 bridgehead atoms. The minimum atomic E-state index is -0.711. The first-order chi connectivity index (χ1) is 5.23. The highest BCUT2D eigenvalue weighted by Crippen LogP contribution is 2.34. The normalized spacial score (nSPS) is 36.0. The molecule has 0 aromatic carbocycles. The molecule has 0 aromatic heterocycles. The fourth-order valence-corrected chi connectivity index (χ4v) is 1.62. The lowest BCUT2D eigenvalue weighted by atomic mass is 9.95. The zero-order valence-electron chi connectivity index (χ0n) is 6.04. The molecule has 1 aliphatic carbocycles. The molecule has 1 heterocycles. The molecule has 0 radical (unpaired) electrons. The lowest BCUT2D eigenvalue weighted by Crippen LogP contribution is -2.28. The summed E-state index contributed by atoms with van der Waals surface area (Å²) in [5, 5.41) is 7.61. The summed E-state index contributed by atoms with van der Waals surface area (Å²) in [6.45, 7) is 0.596. The van der Waals surface area contributed by atoms with Crippen LogP contribution in [0.15, 0.2) is 10.2 Å². The maximum absolute atomic E-state index is 11.2. The van der Waals surface area contributed by atoms with E-state index in [9.17, 15) is 9.59 Å². The van der Waals surface area contributed by atoms with Gasteiger partial charge in [-0.3, -0.25) is 9.59 Å². The van der Waals surface area contributed by atoms with Crippen molar-refractivity contribution in [1.82, 2.24) is 0 Å². The Morgan fingerprint density at radius 3 is 2.64 bits per heavy atom. The Kier molecular flexibility index (Phi) is 1.19. The second kappa shape index (κ2) is 1.96. The predicted octanol–water partition coefficient (Wildman–Crippen LogP) is 0.513. The molecule has 0 aromatic rings. The van der Waals surface area contributed by atoms with Crippen LogP contribution < -0.4 is 0 Å². The van der Waals surface area contributed by atoms with Crippen molar-refractivity contribution < 1.29 is 9.59 Å². The van der Waals surface area contributed by atoms with Crippen molar-refractivity contribution in [2.24, 2.45) is 10.2 Å². The smallest absolute Gasteiger partial charge is 0.170 e. The molecule has 1 spiro atoms. The van der Waals surface area contributed by atoms with Crippen LogP contribution in [0.4, 0.5) is 0 Å². The third-order valence-electron chi connectivity index (χ3n) is 2.25. The van der Waals surface area contributed by atoms with E-state index in [1.165, 1.54) is 0 Å². The number of rotatable bonds is 0. The van der Waals surface area contributed by atoms with Gasteiger partial charge in [0.25, 0.3) is 0 Å². The first-order valence-electron chi connectivity index (χ1n) is 3.67. The van der Waals surface area contributed by atoms with Gasteiger partial charge in [-0.15, -0.1) is 0 Å². The number of carbonyl (C=O) groups excluding carboxylic acids is 2. The van der Waals surface area contributed by atoms with E-state index in [0.717, 1.165) is 0 Å². The Morgan fingerprint density at radius 1 is 1.36 bits per heavy atom. The second-order valence-corrected chi connectivity index (χ2v) is 3.06. The lowest BCUT2D eigenvalue weighted by molar-refractivity contribution is -0.123. The minimum Gasteiger partial charge on any atom is -0.299 e.